The van der Waals surface area contributed by atoms with Gasteiger partial charge in [-0.1, -0.05) is 12.1 Å². The average molecular weight is 567 g/mol. The maximum absolute atomic E-state index is 12.4. The van der Waals surface area contributed by atoms with Gasteiger partial charge in [0, 0.05) is 37.2 Å². The highest BCUT2D eigenvalue weighted by Gasteiger charge is 2.21. The summed E-state index contributed by atoms with van der Waals surface area (Å²) in [6.07, 6.45) is 0.917. The fourth-order valence-electron chi connectivity index (χ4n) is 3.20. The molecule has 9 heteroatoms. The van der Waals surface area contributed by atoms with E-state index in [0.29, 0.717) is 44.7 Å². The number of carbonyl (C=O) groups is 2. The van der Waals surface area contributed by atoms with E-state index in [9.17, 15) is 9.59 Å². The van der Waals surface area contributed by atoms with Crippen molar-refractivity contribution in [2.24, 2.45) is 5.10 Å². The highest BCUT2D eigenvalue weighted by atomic mass is 79.9. The molecule has 170 valence electrons. The predicted molar refractivity (Wildman–Crippen MR) is 130 cm³/mol. The summed E-state index contributed by atoms with van der Waals surface area (Å²) >= 11 is 7.05. The van der Waals surface area contributed by atoms with Gasteiger partial charge in [-0.05, 0) is 81.1 Å². The van der Waals surface area contributed by atoms with Crippen molar-refractivity contribution in [2.75, 3.05) is 19.7 Å². The van der Waals surface area contributed by atoms with Gasteiger partial charge in [-0.2, -0.15) is 5.10 Å². The third kappa shape index (κ3) is 6.56. The number of halogens is 2. The molecule has 1 N–H and O–H groups in total. The van der Waals surface area contributed by atoms with E-state index in [0.717, 1.165) is 31.5 Å². The van der Waals surface area contributed by atoms with Crippen molar-refractivity contribution in [2.45, 2.75) is 33.3 Å². The Bertz CT molecular complexity index is 976. The first-order valence-corrected chi connectivity index (χ1v) is 11.9. The van der Waals surface area contributed by atoms with Gasteiger partial charge in [0.15, 0.2) is 0 Å². The lowest BCUT2D eigenvalue weighted by Gasteiger charge is -2.26. The molecular weight excluding hydrogens is 542 g/mol. The van der Waals surface area contributed by atoms with Crippen molar-refractivity contribution in [1.29, 1.82) is 0 Å². The molecule has 3 rings (SSSR count). The van der Waals surface area contributed by atoms with Crippen LogP contribution in [0.15, 0.2) is 50.4 Å². The molecule has 0 spiro atoms. The number of hydrogen-bond acceptors (Lipinski definition) is 5. The highest BCUT2D eigenvalue weighted by Crippen LogP contribution is 2.35. The maximum atomic E-state index is 12.4. The number of rotatable bonds is 6. The Morgan fingerprint density at radius 2 is 1.72 bits per heavy atom. The van der Waals surface area contributed by atoms with Crippen LogP contribution in [0.25, 0.3) is 0 Å². The normalized spacial score (nSPS) is 13.5. The van der Waals surface area contributed by atoms with Crippen LogP contribution in [-0.4, -0.2) is 42.3 Å². The molecule has 1 aliphatic rings. The number of benzene rings is 2. The second-order valence-electron chi connectivity index (χ2n) is 7.35. The van der Waals surface area contributed by atoms with Crippen LogP contribution in [0.2, 0.25) is 0 Å². The van der Waals surface area contributed by atoms with Gasteiger partial charge in [0.2, 0.25) is 0 Å². The lowest BCUT2D eigenvalue weighted by Crippen LogP contribution is -2.39. The van der Waals surface area contributed by atoms with Crippen LogP contribution < -0.4 is 10.2 Å². The van der Waals surface area contributed by atoms with Crippen LogP contribution in [0.5, 0.6) is 5.75 Å². The lowest BCUT2D eigenvalue weighted by atomic mass is 10.1. The number of hydrogen-bond donors (Lipinski definition) is 1. The summed E-state index contributed by atoms with van der Waals surface area (Å²) in [7, 11) is 0. The first-order valence-electron chi connectivity index (χ1n) is 10.3. The maximum Gasteiger partial charge on any atom is 0.409 e. The van der Waals surface area contributed by atoms with Crippen molar-refractivity contribution >= 4 is 49.6 Å². The number of amides is 2. The molecule has 0 aliphatic carbocycles. The Hall–Kier alpha value is -2.39. The Morgan fingerprint density at radius 3 is 2.31 bits per heavy atom. The second kappa shape index (κ2) is 11.5. The number of ether oxygens (including phenoxy) is 2. The molecule has 2 aromatic rings. The minimum absolute atomic E-state index is 0.276. The van der Waals surface area contributed by atoms with E-state index >= 15 is 0 Å². The number of hydrazone groups is 1. The minimum atomic E-state index is -0.304. The summed E-state index contributed by atoms with van der Waals surface area (Å²) in [6, 6.07) is 11.2. The van der Waals surface area contributed by atoms with Crippen LogP contribution >= 0.6 is 31.9 Å². The zero-order valence-corrected chi connectivity index (χ0v) is 21.2. The molecule has 1 aliphatic heterocycles. The molecule has 0 radical (unpaired) electrons. The number of piperidine rings is 1. The molecule has 7 nitrogen and oxygen atoms in total. The molecule has 0 atom stereocenters. The Morgan fingerprint density at radius 1 is 1.09 bits per heavy atom. The Labute approximate surface area is 204 Å². The predicted octanol–water partition coefficient (Wildman–Crippen LogP) is 5.44. The first-order chi connectivity index (χ1) is 15.4. The molecule has 0 unspecified atom stereocenters. The molecule has 1 saturated heterocycles. The second-order valence-corrected chi connectivity index (χ2v) is 9.06. The van der Waals surface area contributed by atoms with Crippen molar-refractivity contribution < 1.29 is 19.1 Å². The molecule has 0 bridgehead atoms. The fourth-order valence-corrected chi connectivity index (χ4v) is 4.84. The number of carbonyl (C=O) groups excluding carboxylic acids is 2. The summed E-state index contributed by atoms with van der Waals surface area (Å²) in [4.78, 5) is 25.8. The number of nitrogens with one attached hydrogen (secondary N) is 1. The first kappa shape index (κ1) is 24.3. The SMILES string of the molecule is CCOC(=O)N1CCC(=NNC(=O)c2ccc(COc3c(Br)cc(C)cc3Br)cc2)CC1. The fraction of sp³-hybridized carbons (Fsp3) is 0.348. The molecule has 2 amide bonds. The van der Waals surface area contributed by atoms with Crippen LogP contribution in [-0.2, 0) is 11.3 Å². The largest absolute Gasteiger partial charge is 0.487 e. The molecule has 0 saturated carbocycles. The standard InChI is InChI=1S/C23H25Br2N3O4/c1-3-31-23(30)28-10-8-18(9-11-28)26-27-22(29)17-6-4-16(5-7-17)14-32-21-19(24)12-15(2)13-20(21)25/h4-7,12-13H,3,8-11,14H2,1-2H3,(H,27,29). The molecule has 1 fully saturated rings. The number of likely N-dealkylation sites (tertiary alicyclic amines) is 1. The Balaban J connectivity index is 1.50. The molecule has 32 heavy (non-hydrogen) atoms. The van der Waals surface area contributed by atoms with Gasteiger partial charge in [-0.15, -0.1) is 0 Å². The minimum Gasteiger partial charge on any atom is -0.487 e. The zero-order valence-electron chi connectivity index (χ0n) is 18.0. The van der Waals surface area contributed by atoms with Crippen molar-refractivity contribution in [3.63, 3.8) is 0 Å². The van der Waals surface area contributed by atoms with E-state index in [2.05, 4.69) is 42.4 Å². The van der Waals surface area contributed by atoms with Gasteiger partial charge in [0.1, 0.15) is 12.4 Å². The van der Waals surface area contributed by atoms with Gasteiger partial charge in [-0.3, -0.25) is 4.79 Å². The summed E-state index contributed by atoms with van der Waals surface area (Å²) in [5.41, 5.74) is 6.05. The lowest BCUT2D eigenvalue weighted by molar-refractivity contribution is 0.0951. The van der Waals surface area contributed by atoms with Gasteiger partial charge in [0.25, 0.3) is 5.91 Å². The number of aryl methyl sites for hydroxylation is 1. The highest BCUT2D eigenvalue weighted by molar-refractivity contribution is 9.11. The van der Waals surface area contributed by atoms with Crippen molar-refractivity contribution in [1.82, 2.24) is 10.3 Å². The molecule has 0 aromatic heterocycles. The summed E-state index contributed by atoms with van der Waals surface area (Å²) in [5.74, 6) is 0.462. The molecule has 2 aromatic carbocycles. The van der Waals surface area contributed by atoms with Crippen LogP contribution in [0, 0.1) is 6.92 Å². The van der Waals surface area contributed by atoms with Crippen LogP contribution in [0.1, 0.15) is 41.3 Å². The third-order valence-electron chi connectivity index (χ3n) is 4.92. The van der Waals surface area contributed by atoms with E-state index < -0.39 is 0 Å². The molecule has 1 heterocycles. The summed E-state index contributed by atoms with van der Waals surface area (Å²) in [6.45, 7) is 5.61. The van der Waals surface area contributed by atoms with Crippen LogP contribution in [0.4, 0.5) is 4.79 Å². The van der Waals surface area contributed by atoms with Gasteiger partial charge in [0.05, 0.1) is 15.6 Å². The van der Waals surface area contributed by atoms with Gasteiger partial charge >= 0.3 is 6.09 Å². The number of nitrogens with zero attached hydrogens (tertiary/aromatic N) is 2. The van der Waals surface area contributed by atoms with Gasteiger partial charge in [-0.25, -0.2) is 10.2 Å². The topological polar surface area (TPSA) is 80.2 Å². The van der Waals surface area contributed by atoms with Crippen LogP contribution in [0.3, 0.4) is 0 Å². The van der Waals surface area contributed by atoms with E-state index in [1.807, 2.05) is 31.2 Å². The smallest absolute Gasteiger partial charge is 0.409 e. The van der Waals surface area contributed by atoms with E-state index in [1.165, 1.54) is 0 Å². The molecular formula is C23H25Br2N3O4. The third-order valence-corrected chi connectivity index (χ3v) is 6.10. The monoisotopic (exact) mass is 565 g/mol. The quantitative estimate of drug-likeness (QED) is 0.472. The van der Waals surface area contributed by atoms with Gasteiger partial charge < -0.3 is 14.4 Å². The van der Waals surface area contributed by atoms with Crippen molar-refractivity contribution in [3.05, 3.63) is 62.0 Å². The van der Waals surface area contributed by atoms with E-state index in [-0.39, 0.29) is 12.0 Å². The van der Waals surface area contributed by atoms with Crippen molar-refractivity contribution in [3.8, 4) is 5.75 Å². The average Bonchev–Trinajstić information content (AvgIpc) is 2.77. The zero-order chi connectivity index (χ0) is 23.1. The summed E-state index contributed by atoms with van der Waals surface area (Å²) in [5, 5.41) is 4.23. The Kier molecular flexibility index (Phi) is 8.69. The summed E-state index contributed by atoms with van der Waals surface area (Å²) < 4.78 is 12.7. The van der Waals surface area contributed by atoms with E-state index in [1.54, 1.807) is 24.0 Å². The van der Waals surface area contributed by atoms with E-state index in [4.69, 9.17) is 9.47 Å².